The van der Waals surface area contributed by atoms with Gasteiger partial charge in [-0.05, 0) is 24.8 Å². The Balaban J connectivity index is 1.50. The third-order valence-corrected chi connectivity index (χ3v) is 6.02. The number of carbonyl (C=O) groups is 1. The topological polar surface area (TPSA) is 116 Å². The van der Waals surface area contributed by atoms with E-state index in [-0.39, 0.29) is 18.3 Å². The first-order valence-electron chi connectivity index (χ1n) is 10.8. The highest BCUT2D eigenvalue weighted by atomic mass is 16.7. The number of ether oxygens (including phenoxy) is 2. The van der Waals surface area contributed by atoms with Crippen molar-refractivity contribution in [2.75, 3.05) is 0 Å². The summed E-state index contributed by atoms with van der Waals surface area (Å²) in [5.41, 5.74) is 0.933. The van der Waals surface area contributed by atoms with Crippen LogP contribution >= 0.6 is 0 Å². The van der Waals surface area contributed by atoms with Gasteiger partial charge in [-0.2, -0.15) is 0 Å². The van der Waals surface area contributed by atoms with Gasteiger partial charge in [-0.15, -0.1) is 0 Å². The highest BCUT2D eigenvalue weighted by Crippen LogP contribution is 2.37. The fraction of sp³-hybridized carbons (Fsp3) is 0.609. The number of benzene rings is 1. The van der Waals surface area contributed by atoms with E-state index >= 15 is 0 Å². The van der Waals surface area contributed by atoms with Gasteiger partial charge >= 0.3 is 5.97 Å². The summed E-state index contributed by atoms with van der Waals surface area (Å²) in [4.78, 5) is 10.6. The minimum Gasteiger partial charge on any atom is -0.481 e. The molecular weight excluding hydrogens is 388 g/mol. The Morgan fingerprint density at radius 1 is 1.13 bits per heavy atom. The summed E-state index contributed by atoms with van der Waals surface area (Å²) in [6.45, 7) is 0.362. The lowest BCUT2D eigenvalue weighted by Gasteiger charge is -2.28. The predicted octanol–water partition coefficient (Wildman–Crippen LogP) is 2.62. The van der Waals surface area contributed by atoms with Crippen molar-refractivity contribution in [3.63, 3.8) is 0 Å². The smallest absolute Gasteiger partial charge is 0.303 e. The van der Waals surface area contributed by atoms with Crippen molar-refractivity contribution in [1.29, 1.82) is 0 Å². The third-order valence-electron chi connectivity index (χ3n) is 6.02. The Morgan fingerprint density at radius 2 is 1.90 bits per heavy atom. The fourth-order valence-corrected chi connectivity index (χ4v) is 4.36. The van der Waals surface area contributed by atoms with E-state index in [4.69, 9.17) is 14.6 Å². The highest BCUT2D eigenvalue weighted by molar-refractivity contribution is 5.66. The fourth-order valence-electron chi connectivity index (χ4n) is 4.36. The molecule has 1 aliphatic carbocycles. The predicted molar refractivity (Wildman–Crippen MR) is 110 cm³/mol. The number of unbranched alkanes of at least 4 members (excludes halogenated alkanes) is 3. The summed E-state index contributed by atoms with van der Waals surface area (Å²) >= 11 is 0. The molecule has 4 N–H and O–H groups in total. The second kappa shape index (κ2) is 10.9. The Bertz CT molecular complexity index is 719. The molecule has 0 saturated heterocycles. The van der Waals surface area contributed by atoms with Crippen LogP contribution in [0.25, 0.3) is 0 Å². The lowest BCUT2D eigenvalue weighted by molar-refractivity contribution is -0.152. The number of carboxylic acids is 1. The van der Waals surface area contributed by atoms with Crippen LogP contribution in [0, 0.1) is 11.8 Å². The van der Waals surface area contributed by atoms with E-state index in [9.17, 15) is 20.1 Å². The second-order valence-corrected chi connectivity index (χ2v) is 8.24. The van der Waals surface area contributed by atoms with Crippen molar-refractivity contribution in [3.8, 4) is 5.75 Å². The number of hydrogen-bond acceptors (Lipinski definition) is 6. The maximum Gasteiger partial charge on any atom is 0.303 e. The summed E-state index contributed by atoms with van der Waals surface area (Å²) in [7, 11) is 0. The lowest BCUT2D eigenvalue weighted by atomic mass is 9.88. The van der Waals surface area contributed by atoms with Crippen molar-refractivity contribution in [3.05, 3.63) is 42.0 Å². The molecule has 1 saturated carbocycles. The van der Waals surface area contributed by atoms with Gasteiger partial charge in [0.2, 0.25) is 6.29 Å². The molecule has 0 radical (unpaired) electrons. The van der Waals surface area contributed by atoms with Crippen LogP contribution in [-0.4, -0.2) is 51.0 Å². The minimum absolute atomic E-state index is 0.0863. The van der Waals surface area contributed by atoms with Crippen LogP contribution in [-0.2, 0) is 16.1 Å². The molecule has 7 heteroatoms. The zero-order chi connectivity index (χ0) is 21.5. The minimum atomic E-state index is -0.986. The van der Waals surface area contributed by atoms with Crippen LogP contribution in [0.5, 0.6) is 5.75 Å². The van der Waals surface area contributed by atoms with Gasteiger partial charge in [0.15, 0.2) is 0 Å². The SMILES string of the molecule is O=C(O)CCCCCC[C@@H]1[C@@H](C=C[C@H](O)C2OCc3ccccc3O2)[C@H](O)C[C@@H]1O. The number of fused-ring (bicyclic) bond motifs is 1. The van der Waals surface area contributed by atoms with Crippen molar-refractivity contribution in [1.82, 2.24) is 0 Å². The van der Waals surface area contributed by atoms with Gasteiger partial charge < -0.3 is 29.9 Å². The van der Waals surface area contributed by atoms with Crippen LogP contribution in [0.4, 0.5) is 0 Å². The molecule has 1 aromatic carbocycles. The molecule has 7 nitrogen and oxygen atoms in total. The van der Waals surface area contributed by atoms with Gasteiger partial charge in [0.25, 0.3) is 0 Å². The first-order valence-corrected chi connectivity index (χ1v) is 10.8. The molecule has 0 spiro atoms. The van der Waals surface area contributed by atoms with Gasteiger partial charge in [-0.1, -0.05) is 49.6 Å². The van der Waals surface area contributed by atoms with Crippen molar-refractivity contribution < 1.29 is 34.7 Å². The van der Waals surface area contributed by atoms with E-state index in [1.165, 1.54) is 0 Å². The Hall–Kier alpha value is -1.93. The molecule has 1 aliphatic heterocycles. The Kier molecular flexibility index (Phi) is 8.27. The molecule has 1 aromatic rings. The zero-order valence-corrected chi connectivity index (χ0v) is 17.1. The van der Waals surface area contributed by atoms with Gasteiger partial charge in [0.1, 0.15) is 11.9 Å². The Morgan fingerprint density at radius 3 is 2.70 bits per heavy atom. The first-order chi connectivity index (χ1) is 14.5. The third kappa shape index (κ3) is 6.04. The number of aliphatic carboxylic acids is 1. The molecule has 1 fully saturated rings. The van der Waals surface area contributed by atoms with Crippen LogP contribution in [0.15, 0.2) is 36.4 Å². The van der Waals surface area contributed by atoms with Crippen molar-refractivity contribution in [2.24, 2.45) is 11.8 Å². The largest absolute Gasteiger partial charge is 0.481 e. The van der Waals surface area contributed by atoms with Gasteiger partial charge in [-0.3, -0.25) is 4.79 Å². The van der Waals surface area contributed by atoms with Crippen LogP contribution in [0.2, 0.25) is 0 Å². The molecule has 1 heterocycles. The van der Waals surface area contributed by atoms with E-state index < -0.39 is 30.6 Å². The lowest BCUT2D eigenvalue weighted by Crippen LogP contribution is -2.36. The van der Waals surface area contributed by atoms with Gasteiger partial charge in [0, 0.05) is 24.3 Å². The average Bonchev–Trinajstić information content (AvgIpc) is 3.00. The molecule has 0 amide bonds. The molecule has 166 valence electrons. The summed E-state index contributed by atoms with van der Waals surface area (Å²) in [5, 5.41) is 39.9. The average molecular weight is 421 g/mol. The normalized spacial score (nSPS) is 29.5. The maximum atomic E-state index is 10.6. The molecule has 6 atom stereocenters. The number of para-hydroxylation sites is 1. The van der Waals surface area contributed by atoms with Gasteiger partial charge in [0.05, 0.1) is 18.8 Å². The number of carboxylic acid groups (broad SMARTS) is 1. The van der Waals surface area contributed by atoms with E-state index in [2.05, 4.69) is 0 Å². The van der Waals surface area contributed by atoms with E-state index in [0.29, 0.717) is 25.2 Å². The zero-order valence-electron chi connectivity index (χ0n) is 17.1. The number of rotatable bonds is 10. The molecule has 0 bridgehead atoms. The first kappa shape index (κ1) is 22.7. The molecule has 0 aromatic heterocycles. The highest BCUT2D eigenvalue weighted by Gasteiger charge is 2.40. The molecular formula is C23H32O7. The monoisotopic (exact) mass is 420 g/mol. The molecule has 3 rings (SSSR count). The van der Waals surface area contributed by atoms with E-state index in [1.807, 2.05) is 24.3 Å². The van der Waals surface area contributed by atoms with Crippen LogP contribution in [0.3, 0.4) is 0 Å². The number of aliphatic hydroxyl groups is 3. The molecule has 1 unspecified atom stereocenters. The van der Waals surface area contributed by atoms with Crippen LogP contribution in [0.1, 0.15) is 50.5 Å². The molecule has 2 aliphatic rings. The standard InChI is InChI=1S/C23H32O7/c24-18(23-29-14-15-7-5-6-9-21(15)30-23)12-11-17-16(19(25)13-20(17)26)8-3-1-2-4-10-22(27)28/h5-7,9,11-12,16-20,23-26H,1-4,8,10,13-14H2,(H,27,28)/t16-,17-,18+,19+,20-,23?/m1/s1. The number of aliphatic hydroxyl groups excluding tert-OH is 3. The number of hydrogen-bond donors (Lipinski definition) is 4. The van der Waals surface area contributed by atoms with Crippen molar-refractivity contribution >= 4 is 5.97 Å². The van der Waals surface area contributed by atoms with Crippen molar-refractivity contribution in [2.45, 2.75) is 76.2 Å². The van der Waals surface area contributed by atoms with Crippen LogP contribution < -0.4 is 4.74 Å². The van der Waals surface area contributed by atoms with E-state index in [1.54, 1.807) is 12.2 Å². The Labute approximate surface area is 176 Å². The summed E-state index contributed by atoms with van der Waals surface area (Å²) < 4.78 is 11.3. The second-order valence-electron chi connectivity index (χ2n) is 8.24. The quantitative estimate of drug-likeness (QED) is 0.340. The summed E-state index contributed by atoms with van der Waals surface area (Å²) in [6.07, 6.45) is 4.84. The summed E-state index contributed by atoms with van der Waals surface area (Å²) in [6, 6.07) is 7.52. The van der Waals surface area contributed by atoms with E-state index in [0.717, 1.165) is 31.2 Å². The maximum absolute atomic E-state index is 10.6. The molecule has 30 heavy (non-hydrogen) atoms. The van der Waals surface area contributed by atoms with Gasteiger partial charge in [-0.25, -0.2) is 0 Å². The summed E-state index contributed by atoms with van der Waals surface area (Å²) in [5.74, 6) is -0.415.